The van der Waals surface area contributed by atoms with Gasteiger partial charge in [0.1, 0.15) is 5.01 Å². The summed E-state index contributed by atoms with van der Waals surface area (Å²) in [5, 5.41) is 11.4. The second kappa shape index (κ2) is 4.27. The van der Waals surface area contributed by atoms with Crippen molar-refractivity contribution in [1.29, 1.82) is 0 Å². The number of aromatic nitrogens is 4. The molecule has 0 saturated heterocycles. The third kappa shape index (κ3) is 2.16. The van der Waals surface area contributed by atoms with E-state index in [1.54, 1.807) is 6.20 Å². The predicted molar refractivity (Wildman–Crippen MR) is 58.8 cm³/mol. The molecule has 0 aliphatic carbocycles. The van der Waals surface area contributed by atoms with E-state index in [1.165, 1.54) is 11.3 Å². The monoisotopic (exact) mass is 238 g/mol. The number of nitrogens with two attached hydrogens (primary N) is 1. The number of H-pyrrole nitrogens is 1. The first kappa shape index (κ1) is 10.6. The van der Waals surface area contributed by atoms with Crippen molar-refractivity contribution in [2.75, 3.05) is 5.73 Å². The number of nitrogen functional groups attached to an aromatic ring is 1. The zero-order chi connectivity index (χ0) is 11.5. The Labute approximate surface area is 95.1 Å². The maximum Gasteiger partial charge on any atom is 0.289 e. The van der Waals surface area contributed by atoms with Crippen molar-refractivity contribution in [2.45, 2.75) is 13.0 Å². The summed E-state index contributed by atoms with van der Waals surface area (Å²) in [6.07, 6.45) is 1.69. The first-order valence-corrected chi connectivity index (χ1v) is 5.43. The van der Waals surface area contributed by atoms with Crippen LogP contribution in [0.25, 0.3) is 0 Å². The third-order valence-electron chi connectivity index (χ3n) is 1.89. The number of nitrogens with one attached hydrogen (secondary N) is 2. The average molecular weight is 238 g/mol. The van der Waals surface area contributed by atoms with Gasteiger partial charge in [0.15, 0.2) is 0 Å². The van der Waals surface area contributed by atoms with Crippen LogP contribution in [0, 0.1) is 0 Å². The quantitative estimate of drug-likeness (QED) is 0.714. The molecule has 8 heteroatoms. The summed E-state index contributed by atoms with van der Waals surface area (Å²) in [7, 11) is 0. The lowest BCUT2D eigenvalue weighted by molar-refractivity contribution is 0.0930. The van der Waals surface area contributed by atoms with Crippen LogP contribution in [0.4, 0.5) is 5.95 Å². The minimum atomic E-state index is -0.355. The van der Waals surface area contributed by atoms with Crippen molar-refractivity contribution >= 4 is 23.2 Å². The van der Waals surface area contributed by atoms with E-state index >= 15 is 0 Å². The molecule has 0 spiro atoms. The van der Waals surface area contributed by atoms with Gasteiger partial charge in [0, 0.05) is 11.6 Å². The lowest BCUT2D eigenvalue weighted by atomic mass is 10.3. The van der Waals surface area contributed by atoms with Crippen molar-refractivity contribution in [3.63, 3.8) is 0 Å². The van der Waals surface area contributed by atoms with Crippen LogP contribution < -0.4 is 11.1 Å². The number of nitrogens with zero attached hydrogens (tertiary/aromatic N) is 3. The second-order valence-corrected chi connectivity index (χ2v) is 4.03. The van der Waals surface area contributed by atoms with E-state index in [0.717, 1.165) is 5.01 Å². The van der Waals surface area contributed by atoms with E-state index < -0.39 is 0 Å². The number of hydrogen-bond donors (Lipinski definition) is 3. The number of carbonyl (C=O) groups excluding carboxylic acids is 1. The summed E-state index contributed by atoms with van der Waals surface area (Å²) in [6.45, 7) is 1.84. The van der Waals surface area contributed by atoms with Gasteiger partial charge in [-0.3, -0.25) is 9.89 Å². The molecule has 2 aromatic heterocycles. The molecule has 2 heterocycles. The van der Waals surface area contributed by atoms with Crippen molar-refractivity contribution < 1.29 is 4.79 Å². The number of rotatable bonds is 3. The van der Waals surface area contributed by atoms with Gasteiger partial charge in [-0.15, -0.1) is 16.4 Å². The molecule has 0 fully saturated rings. The summed E-state index contributed by atoms with van der Waals surface area (Å²) in [6, 6.07) is -0.168. The molecule has 0 radical (unpaired) electrons. The lowest BCUT2D eigenvalue weighted by Gasteiger charge is -2.08. The molecule has 16 heavy (non-hydrogen) atoms. The molecule has 2 aromatic rings. The molecular formula is C8H10N6OS. The Hall–Kier alpha value is -1.96. The molecule has 0 saturated carbocycles. The Bertz CT molecular complexity index is 478. The molecule has 0 aliphatic heterocycles. The Morgan fingerprint density at radius 2 is 2.50 bits per heavy atom. The topological polar surface area (TPSA) is 110 Å². The predicted octanol–water partition coefficient (Wildman–Crippen LogP) is 0.334. The fourth-order valence-corrected chi connectivity index (χ4v) is 1.80. The van der Waals surface area contributed by atoms with Gasteiger partial charge in [-0.1, -0.05) is 0 Å². The minimum Gasteiger partial charge on any atom is -0.366 e. The molecule has 1 atom stereocenters. The molecular weight excluding hydrogens is 228 g/mol. The van der Waals surface area contributed by atoms with Crippen molar-refractivity contribution in [1.82, 2.24) is 25.5 Å². The molecule has 0 aromatic carbocycles. The molecule has 2 rings (SSSR count). The van der Waals surface area contributed by atoms with Crippen LogP contribution in [0.2, 0.25) is 0 Å². The molecule has 1 unspecified atom stereocenters. The SMILES string of the molecule is CC(NC(=O)c1nc(N)n[nH]1)c1nccs1. The van der Waals surface area contributed by atoms with Gasteiger partial charge in [0.25, 0.3) is 5.91 Å². The van der Waals surface area contributed by atoms with E-state index in [9.17, 15) is 4.79 Å². The van der Waals surface area contributed by atoms with E-state index in [4.69, 9.17) is 5.73 Å². The molecule has 7 nitrogen and oxygen atoms in total. The first-order chi connectivity index (χ1) is 7.66. The van der Waals surface area contributed by atoms with Crippen LogP contribution in [0.15, 0.2) is 11.6 Å². The highest BCUT2D eigenvalue weighted by Gasteiger charge is 2.15. The van der Waals surface area contributed by atoms with Gasteiger partial charge in [0.2, 0.25) is 11.8 Å². The number of aromatic amines is 1. The summed E-state index contributed by atoms with van der Waals surface area (Å²) >= 11 is 1.48. The zero-order valence-electron chi connectivity index (χ0n) is 8.47. The van der Waals surface area contributed by atoms with E-state index in [2.05, 4.69) is 25.5 Å². The maximum atomic E-state index is 11.6. The Balaban J connectivity index is 2.03. The standard InChI is InChI=1S/C8H10N6OS/c1-4(7-10-2-3-16-7)11-6(15)5-12-8(9)14-13-5/h2-4H,1H3,(H,11,15)(H3,9,12,13,14). The largest absolute Gasteiger partial charge is 0.366 e. The van der Waals surface area contributed by atoms with Gasteiger partial charge >= 0.3 is 0 Å². The first-order valence-electron chi connectivity index (χ1n) is 4.55. The number of anilines is 1. The van der Waals surface area contributed by atoms with E-state index in [-0.39, 0.29) is 23.7 Å². The lowest BCUT2D eigenvalue weighted by Crippen LogP contribution is -2.27. The van der Waals surface area contributed by atoms with Gasteiger partial charge < -0.3 is 11.1 Å². The summed E-state index contributed by atoms with van der Waals surface area (Å²) in [5.41, 5.74) is 5.30. The Morgan fingerprint density at radius 1 is 1.69 bits per heavy atom. The molecule has 84 valence electrons. The number of carbonyl (C=O) groups is 1. The highest BCUT2D eigenvalue weighted by atomic mass is 32.1. The van der Waals surface area contributed by atoms with Crippen LogP contribution in [-0.4, -0.2) is 26.1 Å². The Kier molecular flexibility index (Phi) is 2.82. The second-order valence-electron chi connectivity index (χ2n) is 3.11. The van der Waals surface area contributed by atoms with Gasteiger partial charge in [-0.05, 0) is 6.92 Å². The minimum absolute atomic E-state index is 0.0482. The zero-order valence-corrected chi connectivity index (χ0v) is 9.28. The fourth-order valence-electron chi connectivity index (χ4n) is 1.15. The Morgan fingerprint density at radius 3 is 3.06 bits per heavy atom. The summed E-state index contributed by atoms with van der Waals surface area (Å²) < 4.78 is 0. The van der Waals surface area contributed by atoms with Crippen molar-refractivity contribution in [3.05, 3.63) is 22.4 Å². The highest BCUT2D eigenvalue weighted by molar-refractivity contribution is 7.09. The number of thiazole rings is 1. The van der Waals surface area contributed by atoms with Gasteiger partial charge in [-0.2, -0.15) is 4.98 Å². The highest BCUT2D eigenvalue weighted by Crippen LogP contribution is 2.14. The molecule has 1 amide bonds. The average Bonchev–Trinajstić information content (AvgIpc) is 2.87. The molecule has 0 bridgehead atoms. The van der Waals surface area contributed by atoms with Crippen molar-refractivity contribution in [2.24, 2.45) is 0 Å². The normalized spacial score (nSPS) is 12.3. The van der Waals surface area contributed by atoms with Crippen molar-refractivity contribution in [3.8, 4) is 0 Å². The number of hydrogen-bond acceptors (Lipinski definition) is 6. The van der Waals surface area contributed by atoms with Gasteiger partial charge in [-0.25, -0.2) is 4.98 Å². The van der Waals surface area contributed by atoms with Crippen LogP contribution in [0.1, 0.15) is 28.6 Å². The summed E-state index contributed by atoms with van der Waals surface area (Å²) in [4.78, 5) is 19.5. The number of amides is 1. The van der Waals surface area contributed by atoms with Crippen LogP contribution >= 0.6 is 11.3 Å². The molecule has 4 N–H and O–H groups in total. The maximum absolute atomic E-state index is 11.6. The fraction of sp³-hybridized carbons (Fsp3) is 0.250. The van der Waals surface area contributed by atoms with Gasteiger partial charge in [0.05, 0.1) is 6.04 Å². The van der Waals surface area contributed by atoms with E-state index in [1.807, 2.05) is 12.3 Å². The smallest absolute Gasteiger partial charge is 0.289 e. The van der Waals surface area contributed by atoms with E-state index in [0.29, 0.717) is 0 Å². The molecule has 0 aliphatic rings. The van der Waals surface area contributed by atoms with Crippen LogP contribution in [0.5, 0.6) is 0 Å². The van der Waals surface area contributed by atoms with Crippen LogP contribution in [-0.2, 0) is 0 Å². The third-order valence-corrected chi connectivity index (χ3v) is 2.85. The van der Waals surface area contributed by atoms with Crippen LogP contribution in [0.3, 0.4) is 0 Å². The summed E-state index contributed by atoms with van der Waals surface area (Å²) in [5.74, 6) is -0.208.